The van der Waals surface area contributed by atoms with Crippen molar-refractivity contribution in [1.82, 2.24) is 15.2 Å². The normalized spacial score (nSPS) is 11.7. The van der Waals surface area contributed by atoms with Gasteiger partial charge in [0.05, 0.1) is 17.3 Å². The lowest BCUT2D eigenvalue weighted by Gasteiger charge is -2.06. The SMILES string of the molecule is CS(=O)(=O)Oc1ccc2c(-c3nnco3)c(F)ccc2n1. The molecule has 0 radical (unpaired) electrons. The first-order valence-electron chi connectivity index (χ1n) is 5.69. The predicted octanol–water partition coefficient (Wildman–Crippen LogP) is 1.76. The van der Waals surface area contributed by atoms with Crippen LogP contribution in [0.2, 0.25) is 0 Å². The van der Waals surface area contributed by atoms with Gasteiger partial charge in [0.1, 0.15) is 5.82 Å². The van der Waals surface area contributed by atoms with E-state index in [1.807, 2.05) is 0 Å². The summed E-state index contributed by atoms with van der Waals surface area (Å²) < 4.78 is 45.8. The Bertz CT molecular complexity index is 910. The highest BCUT2D eigenvalue weighted by Crippen LogP contribution is 2.30. The fourth-order valence-corrected chi connectivity index (χ4v) is 2.26. The largest absolute Gasteiger partial charge is 0.423 e. The first-order valence-corrected chi connectivity index (χ1v) is 7.51. The molecule has 0 saturated heterocycles. The van der Waals surface area contributed by atoms with E-state index in [0.717, 1.165) is 12.6 Å². The molecule has 0 aliphatic carbocycles. The molecule has 0 bridgehead atoms. The van der Waals surface area contributed by atoms with Gasteiger partial charge >= 0.3 is 10.1 Å². The van der Waals surface area contributed by atoms with Gasteiger partial charge in [-0.15, -0.1) is 10.2 Å². The van der Waals surface area contributed by atoms with Crippen molar-refractivity contribution in [3.05, 3.63) is 36.5 Å². The molecule has 2 heterocycles. The maximum atomic E-state index is 14.0. The van der Waals surface area contributed by atoms with Crippen molar-refractivity contribution in [3.63, 3.8) is 0 Å². The van der Waals surface area contributed by atoms with Gasteiger partial charge in [-0.2, -0.15) is 8.42 Å². The monoisotopic (exact) mass is 309 g/mol. The second-order valence-corrected chi connectivity index (χ2v) is 5.74. The molecular formula is C12H8FN3O4S. The Hall–Kier alpha value is -2.55. The van der Waals surface area contributed by atoms with Crippen LogP contribution in [0.5, 0.6) is 5.88 Å². The Labute approximate surface area is 118 Å². The molecule has 0 N–H and O–H groups in total. The van der Waals surface area contributed by atoms with Gasteiger partial charge in [-0.05, 0) is 18.2 Å². The maximum absolute atomic E-state index is 14.0. The lowest BCUT2D eigenvalue weighted by atomic mass is 10.1. The number of nitrogens with zero attached hydrogens (tertiary/aromatic N) is 3. The smallest absolute Gasteiger partial charge is 0.307 e. The number of benzene rings is 1. The van der Waals surface area contributed by atoms with Crippen LogP contribution in [0.3, 0.4) is 0 Å². The molecule has 21 heavy (non-hydrogen) atoms. The highest BCUT2D eigenvalue weighted by molar-refractivity contribution is 7.86. The van der Waals surface area contributed by atoms with Crippen molar-refractivity contribution in [3.8, 4) is 17.3 Å². The molecule has 0 atom stereocenters. The Balaban J connectivity index is 2.19. The number of aromatic nitrogens is 3. The summed E-state index contributed by atoms with van der Waals surface area (Å²) in [5.41, 5.74) is 0.439. The lowest BCUT2D eigenvalue weighted by Crippen LogP contribution is -2.07. The van der Waals surface area contributed by atoms with Crippen molar-refractivity contribution < 1.29 is 21.4 Å². The highest BCUT2D eigenvalue weighted by Gasteiger charge is 2.16. The first-order chi connectivity index (χ1) is 9.94. The van der Waals surface area contributed by atoms with Gasteiger partial charge < -0.3 is 8.60 Å². The van der Waals surface area contributed by atoms with Crippen molar-refractivity contribution in [1.29, 1.82) is 0 Å². The van der Waals surface area contributed by atoms with Crippen LogP contribution in [0.1, 0.15) is 0 Å². The predicted molar refractivity (Wildman–Crippen MR) is 70.5 cm³/mol. The van der Waals surface area contributed by atoms with Gasteiger partial charge in [-0.1, -0.05) is 0 Å². The number of halogens is 1. The Kier molecular flexibility index (Phi) is 3.05. The van der Waals surface area contributed by atoms with Crippen LogP contribution in [-0.4, -0.2) is 29.9 Å². The standard InChI is InChI=1S/C12H8FN3O4S/c1-21(17,18)20-10-5-2-7-9(15-10)4-3-8(13)11(7)12-16-14-6-19-12/h2-6H,1H3. The zero-order valence-corrected chi connectivity index (χ0v) is 11.5. The molecule has 3 rings (SSSR count). The number of pyridine rings is 1. The molecule has 0 saturated carbocycles. The Morgan fingerprint density at radius 1 is 1.24 bits per heavy atom. The van der Waals surface area contributed by atoms with Crippen molar-refractivity contribution in [2.45, 2.75) is 0 Å². The number of hydrogen-bond acceptors (Lipinski definition) is 7. The maximum Gasteiger partial charge on any atom is 0.307 e. The number of fused-ring (bicyclic) bond motifs is 1. The minimum atomic E-state index is -3.68. The van der Waals surface area contributed by atoms with E-state index in [-0.39, 0.29) is 17.3 Å². The van der Waals surface area contributed by atoms with E-state index in [0.29, 0.717) is 10.9 Å². The molecule has 0 unspecified atom stereocenters. The van der Waals surface area contributed by atoms with Crippen LogP contribution >= 0.6 is 0 Å². The van der Waals surface area contributed by atoms with E-state index in [1.54, 1.807) is 0 Å². The summed E-state index contributed by atoms with van der Waals surface area (Å²) in [6, 6.07) is 5.38. The minimum Gasteiger partial charge on any atom is -0.423 e. The van der Waals surface area contributed by atoms with E-state index in [2.05, 4.69) is 19.4 Å². The summed E-state index contributed by atoms with van der Waals surface area (Å²) in [5.74, 6) is -0.643. The van der Waals surface area contributed by atoms with E-state index < -0.39 is 15.9 Å². The molecule has 7 nitrogen and oxygen atoms in total. The van der Waals surface area contributed by atoms with Crippen molar-refractivity contribution in [2.75, 3.05) is 6.26 Å². The van der Waals surface area contributed by atoms with Gasteiger partial charge in [-0.3, -0.25) is 0 Å². The zero-order chi connectivity index (χ0) is 15.0. The number of hydrogen-bond donors (Lipinski definition) is 0. The van der Waals surface area contributed by atoms with Gasteiger partial charge in [0.2, 0.25) is 12.3 Å². The summed E-state index contributed by atoms with van der Waals surface area (Å²) in [5, 5.41) is 7.58. The summed E-state index contributed by atoms with van der Waals surface area (Å²) >= 11 is 0. The lowest BCUT2D eigenvalue weighted by molar-refractivity contribution is 0.484. The quantitative estimate of drug-likeness (QED) is 0.680. The fourth-order valence-electron chi connectivity index (χ4n) is 1.86. The molecule has 0 aliphatic rings. The summed E-state index contributed by atoms with van der Waals surface area (Å²) in [6.45, 7) is 0. The van der Waals surface area contributed by atoms with Crippen LogP contribution in [0.4, 0.5) is 4.39 Å². The molecule has 1 aromatic carbocycles. The third-order valence-corrected chi connectivity index (χ3v) is 3.08. The van der Waals surface area contributed by atoms with E-state index in [9.17, 15) is 12.8 Å². The Morgan fingerprint density at radius 2 is 2.05 bits per heavy atom. The molecular weight excluding hydrogens is 301 g/mol. The highest BCUT2D eigenvalue weighted by atomic mass is 32.2. The van der Waals surface area contributed by atoms with E-state index in [1.165, 1.54) is 24.3 Å². The summed E-state index contributed by atoms with van der Waals surface area (Å²) in [7, 11) is -3.68. The molecule has 2 aromatic heterocycles. The summed E-state index contributed by atoms with van der Waals surface area (Å²) in [4.78, 5) is 4.01. The van der Waals surface area contributed by atoms with E-state index >= 15 is 0 Å². The van der Waals surface area contributed by atoms with Gasteiger partial charge in [0.25, 0.3) is 5.89 Å². The minimum absolute atomic E-state index is 0.0108. The molecule has 9 heteroatoms. The van der Waals surface area contributed by atoms with Gasteiger partial charge in [0.15, 0.2) is 0 Å². The van der Waals surface area contributed by atoms with Crippen LogP contribution in [0.25, 0.3) is 22.4 Å². The van der Waals surface area contributed by atoms with Crippen molar-refractivity contribution >= 4 is 21.0 Å². The average molecular weight is 309 g/mol. The summed E-state index contributed by atoms with van der Waals surface area (Å²) in [6.07, 6.45) is 2.00. The first kappa shape index (κ1) is 13.4. The average Bonchev–Trinajstić information content (AvgIpc) is 2.90. The molecule has 0 spiro atoms. The molecule has 0 fully saturated rings. The fraction of sp³-hybridized carbons (Fsp3) is 0.0833. The molecule has 0 aliphatic heterocycles. The van der Waals surface area contributed by atoms with E-state index in [4.69, 9.17) is 4.42 Å². The van der Waals surface area contributed by atoms with Crippen LogP contribution < -0.4 is 4.18 Å². The van der Waals surface area contributed by atoms with Gasteiger partial charge in [-0.25, -0.2) is 9.37 Å². The topological polar surface area (TPSA) is 95.2 Å². The third-order valence-electron chi connectivity index (χ3n) is 2.61. The molecule has 3 aromatic rings. The second kappa shape index (κ2) is 4.77. The van der Waals surface area contributed by atoms with Crippen LogP contribution in [0.15, 0.2) is 35.1 Å². The van der Waals surface area contributed by atoms with Gasteiger partial charge in [0, 0.05) is 11.5 Å². The second-order valence-electron chi connectivity index (χ2n) is 4.17. The molecule has 108 valence electrons. The van der Waals surface area contributed by atoms with Crippen LogP contribution in [0, 0.1) is 5.82 Å². The van der Waals surface area contributed by atoms with Crippen LogP contribution in [-0.2, 0) is 10.1 Å². The molecule has 0 amide bonds. The Morgan fingerprint density at radius 3 is 2.71 bits per heavy atom. The third kappa shape index (κ3) is 2.68. The van der Waals surface area contributed by atoms with Crippen molar-refractivity contribution in [2.24, 2.45) is 0 Å². The number of rotatable bonds is 3. The zero-order valence-electron chi connectivity index (χ0n) is 10.6.